The number of rotatable bonds is 4. The van der Waals surface area contributed by atoms with Gasteiger partial charge in [-0.3, -0.25) is 9.80 Å². The number of hydrogen-bond acceptors (Lipinski definition) is 7. The smallest absolute Gasteiger partial charge is 0.0228 e. The molecule has 2 aliphatic heterocycles. The molecule has 182 valence electrons. The minimum atomic E-state index is 0.249. The van der Waals surface area contributed by atoms with Crippen molar-refractivity contribution in [1.29, 1.82) is 0 Å². The van der Waals surface area contributed by atoms with Crippen molar-refractivity contribution in [3.05, 3.63) is 28.8 Å². The molecule has 2 heterocycles. The highest BCUT2D eigenvalue weighted by Gasteiger charge is 2.16. The van der Waals surface area contributed by atoms with Gasteiger partial charge < -0.3 is 24.7 Å². The largest absolute Gasteiger partial charge is 0.872 e. The zero-order valence-corrected chi connectivity index (χ0v) is 21.1. The first kappa shape index (κ1) is 25.4. The van der Waals surface area contributed by atoms with Crippen LogP contribution in [-0.2, 0) is 13.1 Å². The lowest BCUT2D eigenvalue weighted by Gasteiger charge is -2.30. The number of benzene rings is 1. The highest BCUT2D eigenvalue weighted by atomic mass is 16.3. The fourth-order valence-electron chi connectivity index (χ4n) is 4.56. The Morgan fingerprint density at radius 2 is 0.844 bits per heavy atom. The zero-order valence-electron chi connectivity index (χ0n) is 21.1. The standard InChI is InChI=1S/C25H46N6O/c1-22-18-23(20-30-14-10-26(2)6-7-27(3)11-15-30)25(32)24(19-22)21-31-16-12-28(4)8-9-29(5)13-17-31/h18-19,32H,6-17,20-21H2,1-5H3/p-1. The van der Waals surface area contributed by atoms with E-state index < -0.39 is 0 Å². The van der Waals surface area contributed by atoms with Gasteiger partial charge in [0.15, 0.2) is 0 Å². The number of hydrogen-bond donors (Lipinski definition) is 0. The van der Waals surface area contributed by atoms with Gasteiger partial charge in [0.1, 0.15) is 0 Å². The molecule has 7 nitrogen and oxygen atoms in total. The maximum absolute atomic E-state index is 13.5. The first-order valence-electron chi connectivity index (χ1n) is 12.3. The Morgan fingerprint density at radius 3 is 1.16 bits per heavy atom. The predicted molar refractivity (Wildman–Crippen MR) is 131 cm³/mol. The lowest BCUT2D eigenvalue weighted by Crippen LogP contribution is -2.35. The Morgan fingerprint density at radius 1 is 0.562 bits per heavy atom. The molecular formula is C25H45N6O-. The van der Waals surface area contributed by atoms with Crippen molar-refractivity contribution in [1.82, 2.24) is 29.4 Å². The Hall–Kier alpha value is -1.22. The van der Waals surface area contributed by atoms with E-state index in [4.69, 9.17) is 0 Å². The van der Waals surface area contributed by atoms with Crippen LogP contribution in [0.15, 0.2) is 12.1 Å². The normalized spacial score (nSPS) is 23.2. The second kappa shape index (κ2) is 12.3. The van der Waals surface area contributed by atoms with Gasteiger partial charge in [-0.2, -0.15) is 0 Å². The molecule has 0 spiro atoms. The molecule has 0 saturated carbocycles. The molecule has 0 atom stereocenters. The molecule has 1 aromatic rings. The summed E-state index contributed by atoms with van der Waals surface area (Å²) in [6, 6.07) is 4.23. The van der Waals surface area contributed by atoms with Crippen LogP contribution in [0.4, 0.5) is 0 Å². The van der Waals surface area contributed by atoms with E-state index in [0.717, 1.165) is 103 Å². The molecule has 0 N–H and O–H groups in total. The maximum Gasteiger partial charge on any atom is 0.0228 e. The van der Waals surface area contributed by atoms with Gasteiger partial charge in [0.2, 0.25) is 0 Å². The highest BCUT2D eigenvalue weighted by Crippen LogP contribution is 2.25. The van der Waals surface area contributed by atoms with Crippen molar-refractivity contribution < 1.29 is 5.11 Å². The molecule has 0 aromatic heterocycles. The molecule has 1 aromatic carbocycles. The SMILES string of the molecule is Cc1cc(CN2CCN(C)CCN(C)CC2)c([O-])c(CN2CCN(C)CCN(C)CC2)c1. The summed E-state index contributed by atoms with van der Waals surface area (Å²) in [7, 11) is 8.78. The quantitative estimate of drug-likeness (QED) is 0.666. The molecule has 32 heavy (non-hydrogen) atoms. The molecule has 0 bridgehead atoms. The summed E-state index contributed by atoms with van der Waals surface area (Å²) in [5.41, 5.74) is 3.12. The van der Waals surface area contributed by atoms with Crippen LogP contribution in [0.2, 0.25) is 0 Å². The van der Waals surface area contributed by atoms with Crippen LogP contribution < -0.4 is 5.11 Å². The van der Waals surface area contributed by atoms with Gasteiger partial charge in [-0.25, -0.2) is 0 Å². The van der Waals surface area contributed by atoms with Gasteiger partial charge >= 0.3 is 0 Å². The van der Waals surface area contributed by atoms with Gasteiger partial charge in [-0.1, -0.05) is 23.4 Å². The van der Waals surface area contributed by atoms with E-state index >= 15 is 0 Å². The fourth-order valence-corrected chi connectivity index (χ4v) is 4.56. The molecule has 2 saturated heterocycles. The van der Waals surface area contributed by atoms with Crippen molar-refractivity contribution in [2.75, 3.05) is 107 Å². The van der Waals surface area contributed by atoms with E-state index in [-0.39, 0.29) is 5.75 Å². The fraction of sp³-hybridized carbons (Fsp3) is 0.760. The van der Waals surface area contributed by atoms with E-state index in [1.54, 1.807) is 0 Å². The second-order valence-corrected chi connectivity index (χ2v) is 10.2. The first-order chi connectivity index (χ1) is 15.3. The Kier molecular flexibility index (Phi) is 9.77. The van der Waals surface area contributed by atoms with Crippen molar-refractivity contribution in [2.24, 2.45) is 0 Å². The van der Waals surface area contributed by atoms with E-state index in [1.807, 2.05) is 0 Å². The minimum Gasteiger partial charge on any atom is -0.872 e. The molecule has 2 aliphatic rings. The van der Waals surface area contributed by atoms with Crippen LogP contribution >= 0.6 is 0 Å². The topological polar surface area (TPSA) is 42.5 Å². The monoisotopic (exact) mass is 445 g/mol. The van der Waals surface area contributed by atoms with Crippen LogP contribution in [0, 0.1) is 6.92 Å². The molecule has 7 heteroatoms. The Bertz CT molecular complexity index is 631. The zero-order chi connectivity index (χ0) is 23.1. The third-order valence-corrected chi connectivity index (χ3v) is 7.09. The van der Waals surface area contributed by atoms with Gasteiger partial charge in [0, 0.05) is 91.6 Å². The van der Waals surface area contributed by atoms with Crippen molar-refractivity contribution in [3.8, 4) is 5.75 Å². The summed E-state index contributed by atoms with van der Waals surface area (Å²) in [5.74, 6) is 0.249. The Labute approximate surface area is 196 Å². The number of nitrogens with zero attached hydrogens (tertiary/aromatic N) is 6. The average Bonchev–Trinajstić information content (AvgIpc) is 2.88. The van der Waals surface area contributed by atoms with Crippen LogP contribution in [0.1, 0.15) is 16.7 Å². The summed E-state index contributed by atoms with van der Waals surface area (Å²) in [6.45, 7) is 16.3. The summed E-state index contributed by atoms with van der Waals surface area (Å²) in [6.07, 6.45) is 0. The van der Waals surface area contributed by atoms with Gasteiger partial charge in [0.25, 0.3) is 0 Å². The van der Waals surface area contributed by atoms with Gasteiger partial charge in [-0.05, 0) is 46.2 Å². The molecule has 0 amide bonds. The van der Waals surface area contributed by atoms with E-state index in [1.165, 1.54) is 5.56 Å². The van der Waals surface area contributed by atoms with Crippen LogP contribution in [0.25, 0.3) is 0 Å². The van der Waals surface area contributed by atoms with E-state index in [2.05, 4.69) is 76.6 Å². The molecule has 3 rings (SSSR count). The minimum absolute atomic E-state index is 0.249. The molecule has 2 fully saturated rings. The summed E-state index contributed by atoms with van der Waals surface area (Å²) in [4.78, 5) is 14.5. The van der Waals surface area contributed by atoms with Crippen molar-refractivity contribution >= 4 is 0 Å². The first-order valence-corrected chi connectivity index (χ1v) is 12.3. The maximum atomic E-state index is 13.5. The predicted octanol–water partition coefficient (Wildman–Crippen LogP) is 0.427. The van der Waals surface area contributed by atoms with Crippen molar-refractivity contribution in [2.45, 2.75) is 20.0 Å². The molecule has 0 aliphatic carbocycles. The third kappa shape index (κ3) is 7.97. The average molecular weight is 446 g/mol. The van der Waals surface area contributed by atoms with Crippen LogP contribution in [0.3, 0.4) is 0 Å². The highest BCUT2D eigenvalue weighted by molar-refractivity contribution is 5.42. The molecule has 0 unspecified atom stereocenters. The van der Waals surface area contributed by atoms with E-state index in [0.29, 0.717) is 0 Å². The summed E-state index contributed by atoms with van der Waals surface area (Å²) < 4.78 is 0. The van der Waals surface area contributed by atoms with Gasteiger partial charge in [-0.15, -0.1) is 0 Å². The third-order valence-electron chi connectivity index (χ3n) is 7.09. The summed E-state index contributed by atoms with van der Waals surface area (Å²) in [5, 5.41) is 13.5. The lowest BCUT2D eigenvalue weighted by molar-refractivity contribution is -0.271. The second-order valence-electron chi connectivity index (χ2n) is 10.2. The van der Waals surface area contributed by atoms with Crippen LogP contribution in [-0.4, -0.2) is 136 Å². The van der Waals surface area contributed by atoms with Crippen molar-refractivity contribution in [3.63, 3.8) is 0 Å². The van der Waals surface area contributed by atoms with Crippen LogP contribution in [0.5, 0.6) is 5.75 Å². The number of aryl methyl sites for hydroxylation is 1. The summed E-state index contributed by atoms with van der Waals surface area (Å²) >= 11 is 0. The lowest BCUT2D eigenvalue weighted by atomic mass is 10.0. The Balaban J connectivity index is 1.71. The van der Waals surface area contributed by atoms with Gasteiger partial charge in [0.05, 0.1) is 0 Å². The van der Waals surface area contributed by atoms with E-state index in [9.17, 15) is 5.11 Å². The molecular weight excluding hydrogens is 400 g/mol. The number of likely N-dealkylation sites (N-methyl/N-ethyl adjacent to an activating group) is 4. The molecule has 0 radical (unpaired) electrons.